The third-order valence-electron chi connectivity index (χ3n) is 4.20. The Balaban J connectivity index is 2.20. The number of ether oxygens (including phenoxy) is 1. The zero-order valence-electron chi connectivity index (χ0n) is 14.0. The van der Waals surface area contributed by atoms with Gasteiger partial charge in [0.2, 0.25) is 0 Å². The Bertz CT molecular complexity index is 855. The number of alkyl halides is 3. The van der Waals surface area contributed by atoms with E-state index in [9.17, 15) is 18.0 Å². The van der Waals surface area contributed by atoms with E-state index in [2.05, 4.69) is 5.32 Å². The van der Waals surface area contributed by atoms with Gasteiger partial charge in [-0.3, -0.25) is 9.69 Å². The number of nitrogens with zero attached hydrogens (tertiary/aromatic N) is 1. The lowest BCUT2D eigenvalue weighted by Gasteiger charge is -2.36. The van der Waals surface area contributed by atoms with Gasteiger partial charge < -0.3 is 10.1 Å². The van der Waals surface area contributed by atoms with E-state index in [4.69, 9.17) is 16.3 Å². The molecule has 0 saturated heterocycles. The highest BCUT2D eigenvalue weighted by Gasteiger charge is 2.37. The lowest BCUT2D eigenvalue weighted by atomic mass is 10.0. The highest BCUT2D eigenvalue weighted by atomic mass is 35.5. The average Bonchev–Trinajstić information content (AvgIpc) is 2.60. The maximum absolute atomic E-state index is 13.1. The molecule has 2 aromatic carbocycles. The predicted octanol–water partition coefficient (Wildman–Crippen LogP) is 5.24. The van der Waals surface area contributed by atoms with Crippen LogP contribution in [-0.4, -0.2) is 19.1 Å². The number of nitrogens with one attached hydrogen (secondary N) is 1. The van der Waals surface area contributed by atoms with Gasteiger partial charge in [-0.25, -0.2) is 0 Å². The van der Waals surface area contributed by atoms with Gasteiger partial charge in [0.15, 0.2) is 0 Å². The minimum Gasteiger partial charge on any atom is -0.495 e. The number of benzene rings is 2. The first-order valence-electron chi connectivity index (χ1n) is 7.91. The molecule has 0 radical (unpaired) electrons. The van der Waals surface area contributed by atoms with E-state index >= 15 is 0 Å². The quantitative estimate of drug-likeness (QED) is 0.787. The van der Waals surface area contributed by atoms with Gasteiger partial charge in [0.25, 0.3) is 5.91 Å². The molecule has 0 aromatic heterocycles. The predicted molar refractivity (Wildman–Crippen MR) is 94.3 cm³/mol. The molecule has 1 aliphatic heterocycles. The monoisotopic (exact) mass is 384 g/mol. The van der Waals surface area contributed by atoms with E-state index in [1.165, 1.54) is 18.1 Å². The minimum absolute atomic E-state index is 0.230. The van der Waals surface area contributed by atoms with Crippen LogP contribution >= 0.6 is 11.6 Å². The Morgan fingerprint density at radius 1 is 1.19 bits per heavy atom. The Hall–Kier alpha value is -2.41. The van der Waals surface area contributed by atoms with Gasteiger partial charge in [-0.05, 0) is 42.8 Å². The van der Waals surface area contributed by atoms with E-state index in [1.54, 1.807) is 25.1 Å². The Labute approximate surface area is 153 Å². The summed E-state index contributed by atoms with van der Waals surface area (Å²) in [6.07, 6.45) is -4.06. The number of methoxy groups -OCH3 is 1. The highest BCUT2D eigenvalue weighted by molar-refractivity contribution is 6.31. The SMILES string of the molecule is CCC1Nc2cc(C(F)(F)F)ccc2N(c2cc(Cl)ccc2OC)C1=O. The van der Waals surface area contributed by atoms with Crippen molar-refractivity contribution in [3.8, 4) is 5.75 Å². The first-order valence-corrected chi connectivity index (χ1v) is 8.29. The molecular formula is C18H16ClF3N2O2. The van der Waals surface area contributed by atoms with Crippen molar-refractivity contribution in [2.24, 2.45) is 0 Å². The summed E-state index contributed by atoms with van der Waals surface area (Å²) < 4.78 is 44.5. The molecule has 3 rings (SSSR count). The van der Waals surface area contributed by atoms with E-state index in [1.807, 2.05) is 0 Å². The molecule has 1 heterocycles. The standard InChI is InChI=1S/C18H16ClF3N2O2/c1-3-12-17(25)24(15-9-11(19)5-7-16(15)26-2)14-6-4-10(18(20,21)22)8-13(14)23-12/h4-9,12,23H,3H2,1-2H3. The number of carbonyl (C=O) groups is 1. The number of carbonyl (C=O) groups excluding carboxylic acids is 1. The summed E-state index contributed by atoms with van der Waals surface area (Å²) in [6, 6.07) is 7.35. The number of halogens is 4. The van der Waals surface area contributed by atoms with Crippen LogP contribution in [0.25, 0.3) is 0 Å². The number of amides is 1. The van der Waals surface area contributed by atoms with Crippen molar-refractivity contribution in [2.75, 3.05) is 17.3 Å². The van der Waals surface area contributed by atoms with Crippen LogP contribution in [0.1, 0.15) is 18.9 Å². The summed E-state index contributed by atoms with van der Waals surface area (Å²) in [5, 5.41) is 3.28. The van der Waals surface area contributed by atoms with Gasteiger partial charge in [-0.15, -0.1) is 0 Å². The minimum atomic E-state index is -4.47. The summed E-state index contributed by atoms with van der Waals surface area (Å²) in [5.74, 6) is 0.102. The summed E-state index contributed by atoms with van der Waals surface area (Å²) in [5.41, 5.74) is 0.137. The van der Waals surface area contributed by atoms with Crippen molar-refractivity contribution in [2.45, 2.75) is 25.6 Å². The van der Waals surface area contributed by atoms with Crippen LogP contribution < -0.4 is 15.0 Å². The first-order chi connectivity index (χ1) is 12.3. The second-order valence-electron chi connectivity index (χ2n) is 5.82. The molecule has 0 fully saturated rings. The van der Waals surface area contributed by atoms with Crippen LogP contribution in [0.2, 0.25) is 5.02 Å². The van der Waals surface area contributed by atoms with Crippen molar-refractivity contribution in [3.63, 3.8) is 0 Å². The van der Waals surface area contributed by atoms with Crippen LogP contribution in [0.3, 0.4) is 0 Å². The Morgan fingerprint density at radius 3 is 2.54 bits per heavy atom. The van der Waals surface area contributed by atoms with Gasteiger partial charge in [-0.1, -0.05) is 18.5 Å². The maximum atomic E-state index is 13.1. The van der Waals surface area contributed by atoms with Crippen LogP contribution in [0.15, 0.2) is 36.4 Å². The third kappa shape index (κ3) is 3.19. The second kappa shape index (κ2) is 6.72. The van der Waals surface area contributed by atoms with Crippen LogP contribution in [0, 0.1) is 0 Å². The van der Waals surface area contributed by atoms with Crippen LogP contribution in [-0.2, 0) is 11.0 Å². The van der Waals surface area contributed by atoms with Gasteiger partial charge in [0, 0.05) is 5.02 Å². The van der Waals surface area contributed by atoms with E-state index in [0.717, 1.165) is 12.1 Å². The maximum Gasteiger partial charge on any atom is 0.416 e. The molecule has 4 nitrogen and oxygen atoms in total. The average molecular weight is 385 g/mol. The molecule has 26 heavy (non-hydrogen) atoms. The number of rotatable bonds is 3. The molecule has 138 valence electrons. The molecule has 1 unspecified atom stereocenters. The fraction of sp³-hybridized carbons (Fsp3) is 0.278. The van der Waals surface area contributed by atoms with Gasteiger partial charge in [-0.2, -0.15) is 13.2 Å². The highest BCUT2D eigenvalue weighted by Crippen LogP contribution is 2.44. The molecule has 1 aliphatic rings. The molecule has 0 aliphatic carbocycles. The number of fused-ring (bicyclic) bond motifs is 1. The van der Waals surface area contributed by atoms with Crippen molar-refractivity contribution in [3.05, 3.63) is 47.0 Å². The fourth-order valence-electron chi connectivity index (χ4n) is 2.91. The van der Waals surface area contributed by atoms with Gasteiger partial charge in [0.05, 0.1) is 29.7 Å². The van der Waals surface area contributed by atoms with Crippen molar-refractivity contribution in [1.82, 2.24) is 0 Å². The lowest BCUT2D eigenvalue weighted by molar-refractivity contribution is -0.137. The largest absolute Gasteiger partial charge is 0.495 e. The third-order valence-corrected chi connectivity index (χ3v) is 4.44. The second-order valence-corrected chi connectivity index (χ2v) is 6.26. The lowest BCUT2D eigenvalue weighted by Crippen LogP contribution is -2.44. The zero-order chi connectivity index (χ0) is 19.1. The smallest absolute Gasteiger partial charge is 0.416 e. The molecule has 0 bridgehead atoms. The normalized spacial score (nSPS) is 16.9. The summed E-state index contributed by atoms with van der Waals surface area (Å²) >= 11 is 6.07. The van der Waals surface area contributed by atoms with Crippen LogP contribution in [0.4, 0.5) is 30.2 Å². The molecule has 0 saturated carbocycles. The Morgan fingerprint density at radius 2 is 1.92 bits per heavy atom. The van der Waals surface area contributed by atoms with E-state index in [0.29, 0.717) is 28.6 Å². The molecule has 0 spiro atoms. The topological polar surface area (TPSA) is 41.6 Å². The Kier molecular flexibility index (Phi) is 4.75. The van der Waals surface area contributed by atoms with Gasteiger partial charge in [0.1, 0.15) is 11.8 Å². The number of hydrogen-bond acceptors (Lipinski definition) is 3. The molecule has 1 atom stereocenters. The summed E-state index contributed by atoms with van der Waals surface area (Å²) in [6.45, 7) is 1.78. The van der Waals surface area contributed by atoms with Crippen molar-refractivity contribution < 1.29 is 22.7 Å². The molecule has 8 heteroatoms. The molecule has 2 aromatic rings. The van der Waals surface area contributed by atoms with Crippen molar-refractivity contribution in [1.29, 1.82) is 0 Å². The first kappa shape index (κ1) is 18.4. The van der Waals surface area contributed by atoms with Gasteiger partial charge >= 0.3 is 6.18 Å². The van der Waals surface area contributed by atoms with Crippen molar-refractivity contribution >= 4 is 34.6 Å². The fourth-order valence-corrected chi connectivity index (χ4v) is 3.08. The molecule has 1 amide bonds. The number of hydrogen-bond donors (Lipinski definition) is 1. The van der Waals surface area contributed by atoms with E-state index in [-0.39, 0.29) is 11.6 Å². The number of anilines is 3. The summed E-state index contributed by atoms with van der Waals surface area (Å²) in [7, 11) is 1.45. The summed E-state index contributed by atoms with van der Waals surface area (Å²) in [4.78, 5) is 14.3. The zero-order valence-corrected chi connectivity index (χ0v) is 14.8. The van der Waals surface area contributed by atoms with Crippen LogP contribution in [0.5, 0.6) is 5.75 Å². The van der Waals surface area contributed by atoms with E-state index < -0.39 is 17.8 Å². The molecule has 1 N–H and O–H groups in total. The molecular weight excluding hydrogens is 369 g/mol.